The summed E-state index contributed by atoms with van der Waals surface area (Å²) in [5, 5.41) is 0. The molecule has 0 unspecified atom stereocenters. The van der Waals surface area contributed by atoms with Crippen LogP contribution in [0.4, 0.5) is 17.6 Å². The third kappa shape index (κ3) is 3.43. The maximum Gasteiger partial charge on any atom is 0.416 e. The van der Waals surface area contributed by atoms with Gasteiger partial charge in [0.1, 0.15) is 5.82 Å². The number of halogens is 4. The molecule has 0 spiro atoms. The van der Waals surface area contributed by atoms with Crippen LogP contribution in [0.2, 0.25) is 0 Å². The number of methoxy groups -OCH3 is 1. The summed E-state index contributed by atoms with van der Waals surface area (Å²) >= 11 is 0. The molecule has 2 N–H and O–H groups in total. The number of hydrogen-bond acceptors (Lipinski definition) is 3. The average Bonchev–Trinajstić information content (AvgIpc) is 2.27. The van der Waals surface area contributed by atoms with Gasteiger partial charge in [0.15, 0.2) is 0 Å². The summed E-state index contributed by atoms with van der Waals surface area (Å²) in [6, 6.07) is 0.939. The molecule has 0 fully saturated rings. The van der Waals surface area contributed by atoms with Gasteiger partial charge in [0.05, 0.1) is 19.1 Å². The summed E-state index contributed by atoms with van der Waals surface area (Å²) in [7, 11) is 1.10. The molecule has 0 amide bonds. The van der Waals surface area contributed by atoms with Crippen molar-refractivity contribution in [3.05, 3.63) is 35.1 Å². The Morgan fingerprint density at radius 1 is 1.44 bits per heavy atom. The van der Waals surface area contributed by atoms with Gasteiger partial charge in [-0.05, 0) is 17.7 Å². The zero-order valence-electron chi connectivity index (χ0n) is 9.42. The van der Waals surface area contributed by atoms with E-state index in [1.807, 2.05) is 0 Å². The first kappa shape index (κ1) is 14.4. The van der Waals surface area contributed by atoms with Crippen LogP contribution in [0.3, 0.4) is 0 Å². The molecule has 7 heteroatoms. The Kier molecular flexibility index (Phi) is 4.28. The Bertz CT molecular complexity index is 445. The van der Waals surface area contributed by atoms with Gasteiger partial charge in [-0.2, -0.15) is 13.2 Å². The molecule has 1 aromatic rings. The summed E-state index contributed by atoms with van der Waals surface area (Å²) in [6.45, 7) is 0. The minimum atomic E-state index is -4.73. The highest BCUT2D eigenvalue weighted by molar-refractivity contribution is 5.70. The van der Waals surface area contributed by atoms with Gasteiger partial charge >= 0.3 is 12.1 Å². The van der Waals surface area contributed by atoms with Gasteiger partial charge in [0, 0.05) is 6.04 Å². The molecule has 1 aromatic carbocycles. The maximum atomic E-state index is 12.8. The lowest BCUT2D eigenvalue weighted by Gasteiger charge is -2.17. The van der Waals surface area contributed by atoms with Crippen LogP contribution in [0.1, 0.15) is 23.6 Å². The lowest BCUT2D eigenvalue weighted by Crippen LogP contribution is -2.21. The third-order valence-electron chi connectivity index (χ3n) is 2.33. The van der Waals surface area contributed by atoms with Crippen molar-refractivity contribution >= 4 is 5.97 Å². The van der Waals surface area contributed by atoms with Crippen LogP contribution in [0, 0.1) is 5.82 Å². The Labute approximate surface area is 101 Å². The van der Waals surface area contributed by atoms with Gasteiger partial charge in [-0.3, -0.25) is 4.79 Å². The van der Waals surface area contributed by atoms with E-state index in [1.165, 1.54) is 0 Å². The van der Waals surface area contributed by atoms with E-state index >= 15 is 0 Å². The molecule has 0 aliphatic carbocycles. The lowest BCUT2D eigenvalue weighted by molar-refractivity contribution is -0.142. The largest absolute Gasteiger partial charge is 0.469 e. The predicted molar refractivity (Wildman–Crippen MR) is 55.0 cm³/mol. The van der Waals surface area contributed by atoms with Gasteiger partial charge in [0.25, 0.3) is 0 Å². The van der Waals surface area contributed by atoms with E-state index in [-0.39, 0.29) is 5.56 Å². The SMILES string of the molecule is COC(=O)C[C@H](N)c1ccc(F)cc1C(F)(F)F. The van der Waals surface area contributed by atoms with Crippen molar-refractivity contribution in [1.29, 1.82) is 0 Å². The molecule has 0 aliphatic rings. The second kappa shape index (κ2) is 5.34. The standard InChI is InChI=1S/C11H11F4NO2/c1-18-10(17)5-9(16)7-3-2-6(12)4-8(7)11(13,14)15/h2-4,9H,5,16H2,1H3/t9-/m0/s1. The van der Waals surface area contributed by atoms with E-state index in [9.17, 15) is 22.4 Å². The first-order valence-corrected chi connectivity index (χ1v) is 4.94. The van der Waals surface area contributed by atoms with Crippen molar-refractivity contribution in [3.8, 4) is 0 Å². The fraction of sp³-hybridized carbons (Fsp3) is 0.364. The van der Waals surface area contributed by atoms with E-state index in [0.29, 0.717) is 6.07 Å². The zero-order chi connectivity index (χ0) is 13.9. The third-order valence-corrected chi connectivity index (χ3v) is 2.33. The minimum Gasteiger partial charge on any atom is -0.469 e. The summed E-state index contributed by atoms with van der Waals surface area (Å²) in [5.74, 6) is -1.75. The monoisotopic (exact) mass is 265 g/mol. The zero-order valence-corrected chi connectivity index (χ0v) is 9.42. The number of rotatable bonds is 3. The van der Waals surface area contributed by atoms with E-state index in [2.05, 4.69) is 4.74 Å². The van der Waals surface area contributed by atoms with Crippen molar-refractivity contribution in [1.82, 2.24) is 0 Å². The van der Waals surface area contributed by atoms with Crippen LogP contribution in [0.25, 0.3) is 0 Å². The molecule has 0 aromatic heterocycles. The molecule has 0 aliphatic heterocycles. The predicted octanol–water partition coefficient (Wildman–Crippen LogP) is 2.41. The van der Waals surface area contributed by atoms with Crippen LogP contribution < -0.4 is 5.73 Å². The Morgan fingerprint density at radius 2 is 2.06 bits per heavy atom. The highest BCUT2D eigenvalue weighted by Crippen LogP contribution is 2.35. The average molecular weight is 265 g/mol. The van der Waals surface area contributed by atoms with Gasteiger partial charge in [-0.25, -0.2) is 4.39 Å². The van der Waals surface area contributed by atoms with E-state index in [0.717, 1.165) is 19.2 Å². The number of hydrogen-bond donors (Lipinski definition) is 1. The minimum absolute atomic E-state index is 0.339. The molecule has 0 heterocycles. The van der Waals surface area contributed by atoms with Gasteiger partial charge in [0.2, 0.25) is 0 Å². The number of alkyl halides is 3. The van der Waals surface area contributed by atoms with Crippen LogP contribution >= 0.6 is 0 Å². The first-order valence-electron chi connectivity index (χ1n) is 4.94. The number of esters is 1. The number of ether oxygens (including phenoxy) is 1. The molecule has 0 saturated carbocycles. The van der Waals surface area contributed by atoms with Crippen LogP contribution in [-0.2, 0) is 15.7 Å². The normalized spacial score (nSPS) is 13.2. The summed E-state index contributed by atoms with van der Waals surface area (Å²) < 4.78 is 55.2. The smallest absolute Gasteiger partial charge is 0.416 e. The van der Waals surface area contributed by atoms with Crippen molar-refractivity contribution in [2.24, 2.45) is 5.73 Å². The molecule has 18 heavy (non-hydrogen) atoms. The van der Waals surface area contributed by atoms with Gasteiger partial charge in [-0.15, -0.1) is 0 Å². The van der Waals surface area contributed by atoms with E-state index < -0.39 is 36.0 Å². The van der Waals surface area contributed by atoms with Crippen molar-refractivity contribution in [3.63, 3.8) is 0 Å². The number of benzene rings is 1. The number of carbonyl (C=O) groups excluding carboxylic acids is 1. The van der Waals surface area contributed by atoms with Crippen molar-refractivity contribution in [2.75, 3.05) is 7.11 Å². The second-order valence-electron chi connectivity index (χ2n) is 3.62. The molecule has 0 radical (unpaired) electrons. The van der Waals surface area contributed by atoms with Crippen molar-refractivity contribution < 1.29 is 27.1 Å². The second-order valence-corrected chi connectivity index (χ2v) is 3.62. The lowest BCUT2D eigenvalue weighted by atomic mass is 9.98. The molecular weight excluding hydrogens is 254 g/mol. The first-order chi connectivity index (χ1) is 8.25. The number of nitrogens with two attached hydrogens (primary N) is 1. The molecular formula is C11H11F4NO2. The van der Waals surface area contributed by atoms with E-state index in [4.69, 9.17) is 5.73 Å². The molecule has 1 rings (SSSR count). The highest BCUT2D eigenvalue weighted by Gasteiger charge is 2.35. The molecule has 100 valence electrons. The summed E-state index contributed by atoms with van der Waals surface area (Å²) in [6.07, 6.45) is -5.14. The Hall–Kier alpha value is -1.63. The van der Waals surface area contributed by atoms with E-state index in [1.54, 1.807) is 0 Å². The maximum absolute atomic E-state index is 12.8. The van der Waals surface area contributed by atoms with Crippen molar-refractivity contribution in [2.45, 2.75) is 18.6 Å². The fourth-order valence-electron chi connectivity index (χ4n) is 1.47. The van der Waals surface area contributed by atoms with Gasteiger partial charge < -0.3 is 10.5 Å². The van der Waals surface area contributed by atoms with Gasteiger partial charge in [-0.1, -0.05) is 6.07 Å². The fourth-order valence-corrected chi connectivity index (χ4v) is 1.47. The summed E-state index contributed by atoms with van der Waals surface area (Å²) in [4.78, 5) is 11.0. The molecule has 0 bridgehead atoms. The van der Waals surface area contributed by atoms with Crippen LogP contribution in [0.15, 0.2) is 18.2 Å². The number of carbonyl (C=O) groups is 1. The van der Waals surface area contributed by atoms with Crippen LogP contribution in [0.5, 0.6) is 0 Å². The topological polar surface area (TPSA) is 52.3 Å². The molecule has 0 saturated heterocycles. The Balaban J connectivity index is 3.12. The Morgan fingerprint density at radius 3 is 2.56 bits per heavy atom. The quantitative estimate of drug-likeness (QED) is 0.674. The highest BCUT2D eigenvalue weighted by atomic mass is 19.4. The summed E-state index contributed by atoms with van der Waals surface area (Å²) in [5.41, 5.74) is 3.98. The molecule has 1 atom stereocenters. The molecule has 3 nitrogen and oxygen atoms in total. The van der Waals surface area contributed by atoms with Crippen LogP contribution in [-0.4, -0.2) is 13.1 Å².